The van der Waals surface area contributed by atoms with Crippen LogP contribution in [0.3, 0.4) is 0 Å². The van der Waals surface area contributed by atoms with E-state index in [-0.39, 0.29) is 5.82 Å². The molecule has 0 radical (unpaired) electrons. The number of aliphatic hydroxyl groups excluding tert-OH is 1. The van der Waals surface area contributed by atoms with Crippen LogP contribution in [0.15, 0.2) is 18.2 Å². The highest BCUT2D eigenvalue weighted by molar-refractivity contribution is 5.55. The molecule has 112 valence electrons. The fourth-order valence-corrected chi connectivity index (χ4v) is 2.70. The normalized spacial score (nSPS) is 19.6. The van der Waals surface area contributed by atoms with Gasteiger partial charge >= 0.3 is 0 Å². The zero-order chi connectivity index (χ0) is 14.8. The van der Waals surface area contributed by atoms with E-state index >= 15 is 0 Å². The Morgan fingerprint density at radius 2 is 2.05 bits per heavy atom. The van der Waals surface area contributed by atoms with Crippen molar-refractivity contribution >= 4 is 5.69 Å². The van der Waals surface area contributed by atoms with Crippen LogP contribution in [0, 0.1) is 5.82 Å². The Morgan fingerprint density at radius 3 is 2.65 bits per heavy atom. The van der Waals surface area contributed by atoms with Crippen molar-refractivity contribution in [2.24, 2.45) is 0 Å². The third-order valence-electron chi connectivity index (χ3n) is 3.80. The van der Waals surface area contributed by atoms with Gasteiger partial charge in [-0.2, -0.15) is 0 Å². The molecular formula is C15H22FNO3. The molecule has 1 heterocycles. The lowest BCUT2D eigenvalue weighted by atomic mass is 9.93. The molecule has 1 atom stereocenters. The highest BCUT2D eigenvalue weighted by atomic mass is 19.1. The van der Waals surface area contributed by atoms with Crippen molar-refractivity contribution in [3.05, 3.63) is 29.6 Å². The first-order chi connectivity index (χ1) is 9.43. The fourth-order valence-electron chi connectivity index (χ4n) is 2.70. The van der Waals surface area contributed by atoms with Gasteiger partial charge in [0.2, 0.25) is 0 Å². The first-order valence-electron chi connectivity index (χ1n) is 6.91. The summed E-state index contributed by atoms with van der Waals surface area (Å²) in [7, 11) is 1.73. The van der Waals surface area contributed by atoms with Crippen LogP contribution < -0.4 is 4.90 Å². The summed E-state index contributed by atoms with van der Waals surface area (Å²) >= 11 is 0. The highest BCUT2D eigenvalue weighted by Gasteiger charge is 2.32. The molecule has 1 saturated heterocycles. The van der Waals surface area contributed by atoms with E-state index in [1.807, 2.05) is 0 Å². The van der Waals surface area contributed by atoms with E-state index in [0.717, 1.165) is 0 Å². The van der Waals surface area contributed by atoms with Gasteiger partial charge in [0.15, 0.2) is 0 Å². The topological polar surface area (TPSA) is 52.9 Å². The second kappa shape index (κ2) is 6.08. The van der Waals surface area contributed by atoms with Crippen molar-refractivity contribution in [3.63, 3.8) is 0 Å². The second-order valence-corrected chi connectivity index (χ2v) is 5.55. The van der Waals surface area contributed by atoms with Crippen molar-refractivity contribution < 1.29 is 19.3 Å². The van der Waals surface area contributed by atoms with Gasteiger partial charge in [0, 0.05) is 45.2 Å². The van der Waals surface area contributed by atoms with Gasteiger partial charge in [-0.05, 0) is 13.0 Å². The number of aliphatic hydroxyl groups is 2. The molecule has 1 aromatic carbocycles. The number of ether oxygens (including phenoxy) is 1. The van der Waals surface area contributed by atoms with E-state index < -0.39 is 11.7 Å². The van der Waals surface area contributed by atoms with E-state index in [1.54, 1.807) is 31.0 Å². The predicted molar refractivity (Wildman–Crippen MR) is 75.3 cm³/mol. The molecule has 5 heteroatoms. The number of rotatable bonds is 4. The standard InChI is InChI=1S/C15H22FNO3/c1-11(18)12-4-3-5-13(16)14(12)17(2)10-15(19)6-8-20-9-7-15/h3-5,11,18-19H,6-10H2,1-2H3. The molecule has 2 N–H and O–H groups in total. The summed E-state index contributed by atoms with van der Waals surface area (Å²) in [4.78, 5) is 1.68. The first kappa shape index (κ1) is 15.2. The molecule has 2 rings (SSSR count). The summed E-state index contributed by atoms with van der Waals surface area (Å²) < 4.78 is 19.3. The maximum atomic E-state index is 14.1. The van der Waals surface area contributed by atoms with E-state index in [0.29, 0.717) is 43.9 Å². The maximum Gasteiger partial charge on any atom is 0.146 e. The molecule has 4 nitrogen and oxygen atoms in total. The summed E-state index contributed by atoms with van der Waals surface area (Å²) in [5, 5.41) is 20.3. The van der Waals surface area contributed by atoms with Crippen molar-refractivity contribution in [1.29, 1.82) is 0 Å². The van der Waals surface area contributed by atoms with Crippen LogP contribution in [0.25, 0.3) is 0 Å². The minimum atomic E-state index is -0.870. The summed E-state index contributed by atoms with van der Waals surface area (Å²) in [6, 6.07) is 4.65. The highest BCUT2D eigenvalue weighted by Crippen LogP contribution is 2.31. The summed E-state index contributed by atoms with van der Waals surface area (Å²) in [6.07, 6.45) is 0.318. The van der Waals surface area contributed by atoms with Crippen LogP contribution in [0.4, 0.5) is 10.1 Å². The smallest absolute Gasteiger partial charge is 0.146 e. The molecule has 1 aliphatic heterocycles. The zero-order valence-electron chi connectivity index (χ0n) is 12.0. The molecule has 20 heavy (non-hydrogen) atoms. The monoisotopic (exact) mass is 283 g/mol. The third kappa shape index (κ3) is 3.29. The van der Waals surface area contributed by atoms with E-state index in [4.69, 9.17) is 4.74 Å². The lowest BCUT2D eigenvalue weighted by Gasteiger charge is -2.37. The van der Waals surface area contributed by atoms with Gasteiger partial charge in [0.25, 0.3) is 0 Å². The van der Waals surface area contributed by atoms with Crippen LogP contribution in [0.2, 0.25) is 0 Å². The van der Waals surface area contributed by atoms with Crippen LogP contribution in [0.5, 0.6) is 0 Å². The van der Waals surface area contributed by atoms with Gasteiger partial charge in [-0.1, -0.05) is 12.1 Å². The van der Waals surface area contributed by atoms with E-state index in [2.05, 4.69) is 0 Å². The van der Waals surface area contributed by atoms with Crippen LogP contribution >= 0.6 is 0 Å². The molecule has 0 aromatic heterocycles. The number of benzene rings is 1. The van der Waals surface area contributed by atoms with Crippen LogP contribution in [0.1, 0.15) is 31.4 Å². The molecule has 1 aliphatic rings. The SMILES string of the molecule is CC(O)c1cccc(F)c1N(C)CC1(O)CCOCC1. The van der Waals surface area contributed by atoms with Crippen LogP contribution in [-0.2, 0) is 4.74 Å². The van der Waals surface area contributed by atoms with Gasteiger partial charge in [-0.15, -0.1) is 0 Å². The van der Waals surface area contributed by atoms with Gasteiger partial charge in [-0.25, -0.2) is 4.39 Å². The third-order valence-corrected chi connectivity index (χ3v) is 3.80. The molecule has 0 saturated carbocycles. The van der Waals surface area contributed by atoms with Gasteiger partial charge in [0.1, 0.15) is 5.82 Å². The maximum absolute atomic E-state index is 14.1. The molecule has 0 aliphatic carbocycles. The summed E-state index contributed by atoms with van der Waals surface area (Å²) in [5.74, 6) is -0.387. The lowest BCUT2D eigenvalue weighted by molar-refractivity contribution is -0.0573. The Labute approximate surface area is 118 Å². The average molecular weight is 283 g/mol. The zero-order valence-corrected chi connectivity index (χ0v) is 12.0. The minimum Gasteiger partial charge on any atom is -0.389 e. The number of hydrogen-bond acceptors (Lipinski definition) is 4. The number of halogens is 1. The molecule has 0 amide bonds. The first-order valence-corrected chi connectivity index (χ1v) is 6.91. The predicted octanol–water partition coefficient (Wildman–Crippen LogP) is 1.86. The molecule has 1 unspecified atom stereocenters. The second-order valence-electron chi connectivity index (χ2n) is 5.55. The molecule has 0 spiro atoms. The summed E-state index contributed by atoms with van der Waals surface area (Å²) in [5.41, 5.74) is 0.0104. The van der Waals surface area contributed by atoms with Crippen molar-refractivity contribution in [2.45, 2.75) is 31.5 Å². The lowest BCUT2D eigenvalue weighted by Crippen LogP contribution is -2.46. The summed E-state index contributed by atoms with van der Waals surface area (Å²) in [6.45, 7) is 2.96. The van der Waals surface area contributed by atoms with E-state index in [1.165, 1.54) is 6.07 Å². The van der Waals surface area contributed by atoms with Gasteiger partial charge in [0.05, 0.1) is 17.4 Å². The molecule has 0 bridgehead atoms. The Balaban J connectivity index is 2.22. The molecular weight excluding hydrogens is 261 g/mol. The number of hydrogen-bond donors (Lipinski definition) is 2. The van der Waals surface area contributed by atoms with Crippen molar-refractivity contribution in [3.8, 4) is 0 Å². The fraction of sp³-hybridized carbons (Fsp3) is 0.600. The number of likely N-dealkylation sites (N-methyl/N-ethyl adjacent to an activating group) is 1. The quantitative estimate of drug-likeness (QED) is 0.885. The van der Waals surface area contributed by atoms with Crippen molar-refractivity contribution in [1.82, 2.24) is 0 Å². The minimum absolute atomic E-state index is 0.316. The van der Waals surface area contributed by atoms with Gasteiger partial charge in [-0.3, -0.25) is 0 Å². The van der Waals surface area contributed by atoms with Crippen LogP contribution in [-0.4, -0.2) is 42.6 Å². The van der Waals surface area contributed by atoms with E-state index in [9.17, 15) is 14.6 Å². The Hall–Kier alpha value is -1.17. The number of anilines is 1. The number of para-hydroxylation sites is 1. The van der Waals surface area contributed by atoms with Crippen molar-refractivity contribution in [2.75, 3.05) is 31.7 Å². The Morgan fingerprint density at radius 1 is 1.40 bits per heavy atom. The Bertz CT molecular complexity index is 458. The number of nitrogens with zero attached hydrogens (tertiary/aromatic N) is 1. The molecule has 1 aromatic rings. The largest absolute Gasteiger partial charge is 0.389 e. The Kier molecular flexibility index (Phi) is 4.62. The average Bonchev–Trinajstić information content (AvgIpc) is 2.38. The van der Waals surface area contributed by atoms with Gasteiger partial charge < -0.3 is 19.8 Å². The molecule has 1 fully saturated rings.